The third kappa shape index (κ3) is 12.0. The van der Waals surface area contributed by atoms with Crippen molar-refractivity contribution in [2.75, 3.05) is 43.4 Å². The molecule has 1 N–H and O–H groups in total. The Kier molecular flexibility index (Phi) is 16.5. The smallest absolute Gasteiger partial charge is 0.229 e. The molecule has 0 saturated carbocycles. The number of aliphatic imine (C=N–C) groups is 1. The van der Waals surface area contributed by atoms with Gasteiger partial charge in [0.15, 0.2) is 0 Å². The number of nitrogens with zero attached hydrogens (tertiary/aromatic N) is 4. The minimum atomic E-state index is -0.0960. The number of amides is 2. The number of aromatic nitrogens is 1. The number of rotatable bonds is 7. The standard InChI is InChI=1S/C25H35N5O2.2C2H6/c1-18(7-8-19(2)20(3)16-21(4)26-6)15-25(32)28-24-10-9-23(17-27-24)30-13-11-29(12-14-30)22(5)31;2*1-2/h7-10,16-17H,11-15H2,1-6H3,(H,27,28,32);2*1-2H3/b18-7+,19-8+,20-16+,26-21?;;. The van der Waals surface area contributed by atoms with Gasteiger partial charge in [0.1, 0.15) is 5.82 Å². The van der Waals surface area contributed by atoms with Gasteiger partial charge in [-0.05, 0) is 57.0 Å². The molecule has 1 aromatic rings. The first-order valence-corrected chi connectivity index (χ1v) is 12.9. The van der Waals surface area contributed by atoms with Crippen molar-refractivity contribution in [1.29, 1.82) is 0 Å². The summed E-state index contributed by atoms with van der Waals surface area (Å²) in [4.78, 5) is 36.4. The highest BCUT2D eigenvalue weighted by Gasteiger charge is 2.19. The van der Waals surface area contributed by atoms with Crippen LogP contribution in [-0.4, -0.2) is 60.6 Å². The van der Waals surface area contributed by atoms with Gasteiger partial charge in [-0.2, -0.15) is 0 Å². The first-order chi connectivity index (χ1) is 17.2. The number of hydrogen-bond acceptors (Lipinski definition) is 5. The molecular formula is C29H47N5O2. The molecule has 7 nitrogen and oxygen atoms in total. The van der Waals surface area contributed by atoms with Crippen LogP contribution in [0.3, 0.4) is 0 Å². The lowest BCUT2D eigenvalue weighted by atomic mass is 10.1. The van der Waals surface area contributed by atoms with E-state index in [0.29, 0.717) is 25.3 Å². The Labute approximate surface area is 219 Å². The average molecular weight is 498 g/mol. The first-order valence-electron chi connectivity index (χ1n) is 12.9. The van der Waals surface area contributed by atoms with E-state index in [9.17, 15) is 9.59 Å². The quantitative estimate of drug-likeness (QED) is 0.367. The van der Waals surface area contributed by atoms with Crippen LogP contribution in [0.15, 0.2) is 58.3 Å². The van der Waals surface area contributed by atoms with E-state index in [1.165, 1.54) is 0 Å². The molecule has 0 aromatic carbocycles. The molecule has 0 radical (unpaired) electrons. The van der Waals surface area contributed by atoms with Crippen molar-refractivity contribution in [3.8, 4) is 0 Å². The summed E-state index contributed by atoms with van der Waals surface area (Å²) in [5.41, 5.74) is 5.22. The van der Waals surface area contributed by atoms with Crippen LogP contribution in [0.25, 0.3) is 0 Å². The molecule has 0 aliphatic carbocycles. The summed E-state index contributed by atoms with van der Waals surface area (Å²) in [6.45, 7) is 20.6. The van der Waals surface area contributed by atoms with Crippen LogP contribution >= 0.6 is 0 Å². The van der Waals surface area contributed by atoms with E-state index in [2.05, 4.69) is 27.1 Å². The van der Waals surface area contributed by atoms with E-state index in [0.717, 1.165) is 41.2 Å². The van der Waals surface area contributed by atoms with Gasteiger partial charge in [0.25, 0.3) is 0 Å². The molecule has 1 saturated heterocycles. The maximum absolute atomic E-state index is 12.4. The molecule has 0 spiro atoms. The molecule has 1 aliphatic rings. The van der Waals surface area contributed by atoms with Gasteiger partial charge >= 0.3 is 0 Å². The van der Waals surface area contributed by atoms with Crippen molar-refractivity contribution in [3.05, 3.63) is 53.3 Å². The van der Waals surface area contributed by atoms with Crippen LogP contribution in [0.1, 0.15) is 68.7 Å². The van der Waals surface area contributed by atoms with Gasteiger partial charge in [-0.25, -0.2) is 4.98 Å². The third-order valence-corrected chi connectivity index (χ3v) is 5.56. The van der Waals surface area contributed by atoms with Crippen LogP contribution in [0.2, 0.25) is 0 Å². The molecule has 200 valence electrons. The second-order valence-corrected chi connectivity index (χ2v) is 8.17. The minimum absolute atomic E-state index is 0.0960. The van der Waals surface area contributed by atoms with E-state index in [1.54, 1.807) is 20.2 Å². The minimum Gasteiger partial charge on any atom is -0.367 e. The number of allylic oxidation sites excluding steroid dienone is 5. The van der Waals surface area contributed by atoms with Crippen LogP contribution in [-0.2, 0) is 9.59 Å². The summed E-state index contributed by atoms with van der Waals surface area (Å²) < 4.78 is 0. The zero-order valence-corrected chi connectivity index (χ0v) is 24.1. The summed E-state index contributed by atoms with van der Waals surface area (Å²) in [6, 6.07) is 3.77. The summed E-state index contributed by atoms with van der Waals surface area (Å²) in [6.07, 6.45) is 8.11. The fourth-order valence-corrected chi connectivity index (χ4v) is 3.32. The average Bonchev–Trinajstić information content (AvgIpc) is 2.89. The number of nitrogens with one attached hydrogen (secondary N) is 1. The van der Waals surface area contributed by atoms with Gasteiger partial charge < -0.3 is 15.1 Å². The normalized spacial score (nSPS) is 14.8. The summed E-state index contributed by atoms with van der Waals surface area (Å²) in [7, 11) is 1.78. The van der Waals surface area contributed by atoms with Crippen molar-refractivity contribution in [3.63, 3.8) is 0 Å². The molecule has 1 fully saturated rings. The molecule has 36 heavy (non-hydrogen) atoms. The molecule has 1 aromatic heterocycles. The first kappa shape index (κ1) is 32.8. The predicted molar refractivity (Wildman–Crippen MR) is 155 cm³/mol. The van der Waals surface area contributed by atoms with Gasteiger partial charge in [0.2, 0.25) is 11.8 Å². The summed E-state index contributed by atoms with van der Waals surface area (Å²) in [5, 5.41) is 2.86. The third-order valence-electron chi connectivity index (χ3n) is 5.56. The zero-order chi connectivity index (χ0) is 27.7. The molecule has 7 heteroatoms. The lowest BCUT2D eigenvalue weighted by Gasteiger charge is -2.35. The number of anilines is 2. The fourth-order valence-electron chi connectivity index (χ4n) is 3.32. The molecule has 2 heterocycles. The predicted octanol–water partition coefficient (Wildman–Crippen LogP) is 6.06. The van der Waals surface area contributed by atoms with Crippen LogP contribution < -0.4 is 10.2 Å². The van der Waals surface area contributed by atoms with Gasteiger partial charge in [-0.3, -0.25) is 14.6 Å². The Morgan fingerprint density at radius 3 is 2.06 bits per heavy atom. The number of hydrogen-bond donors (Lipinski definition) is 1. The van der Waals surface area contributed by atoms with E-state index >= 15 is 0 Å². The van der Waals surface area contributed by atoms with Crippen molar-refractivity contribution in [2.45, 2.75) is 68.7 Å². The number of carbonyl (C=O) groups is 2. The second kappa shape index (κ2) is 18.1. The Balaban J connectivity index is 0.00000291. The van der Waals surface area contributed by atoms with Crippen molar-refractivity contribution in [2.24, 2.45) is 4.99 Å². The molecule has 0 unspecified atom stereocenters. The van der Waals surface area contributed by atoms with Crippen LogP contribution in [0.5, 0.6) is 0 Å². The summed E-state index contributed by atoms with van der Waals surface area (Å²) >= 11 is 0. The Morgan fingerprint density at radius 2 is 1.56 bits per heavy atom. The second-order valence-electron chi connectivity index (χ2n) is 8.17. The lowest BCUT2D eigenvalue weighted by Crippen LogP contribution is -2.48. The van der Waals surface area contributed by atoms with Gasteiger partial charge in [0.05, 0.1) is 11.9 Å². The van der Waals surface area contributed by atoms with Gasteiger partial charge in [-0.1, -0.05) is 45.4 Å². The molecular weight excluding hydrogens is 450 g/mol. The maximum Gasteiger partial charge on any atom is 0.229 e. The Hall–Kier alpha value is -3.22. The largest absolute Gasteiger partial charge is 0.367 e. The number of pyridine rings is 1. The molecule has 2 amide bonds. The molecule has 2 rings (SSSR count). The van der Waals surface area contributed by atoms with Gasteiger partial charge in [0, 0.05) is 52.3 Å². The van der Waals surface area contributed by atoms with E-state index in [1.807, 2.05) is 83.7 Å². The molecule has 0 bridgehead atoms. The Morgan fingerprint density at radius 1 is 0.944 bits per heavy atom. The topological polar surface area (TPSA) is 77.9 Å². The Bertz CT molecular complexity index is 935. The fraction of sp³-hybridized carbons (Fsp3) is 0.517. The van der Waals surface area contributed by atoms with Crippen LogP contribution in [0, 0.1) is 0 Å². The van der Waals surface area contributed by atoms with E-state index < -0.39 is 0 Å². The van der Waals surface area contributed by atoms with Crippen LogP contribution in [0.4, 0.5) is 11.5 Å². The molecule has 0 atom stereocenters. The highest BCUT2D eigenvalue weighted by Crippen LogP contribution is 2.18. The van der Waals surface area contributed by atoms with E-state index in [-0.39, 0.29) is 11.8 Å². The summed E-state index contributed by atoms with van der Waals surface area (Å²) in [5.74, 6) is 0.554. The maximum atomic E-state index is 12.4. The SMILES string of the molecule is CC.CC.CN=C(C)/C=C(C)/C(C)=C/C=C(\C)CC(=O)Nc1ccc(N2CCN(C(C)=O)CC2)cn1. The van der Waals surface area contributed by atoms with Crippen molar-refractivity contribution < 1.29 is 9.59 Å². The molecule has 1 aliphatic heterocycles. The van der Waals surface area contributed by atoms with E-state index in [4.69, 9.17) is 0 Å². The highest BCUT2D eigenvalue weighted by molar-refractivity contribution is 5.93. The van der Waals surface area contributed by atoms with Crippen molar-refractivity contribution in [1.82, 2.24) is 9.88 Å². The van der Waals surface area contributed by atoms with Crippen molar-refractivity contribution >= 4 is 29.0 Å². The van der Waals surface area contributed by atoms with Gasteiger partial charge in [-0.15, -0.1) is 0 Å². The zero-order valence-electron chi connectivity index (χ0n) is 24.1. The lowest BCUT2D eigenvalue weighted by molar-refractivity contribution is -0.129. The number of carbonyl (C=O) groups excluding carboxylic acids is 2. The monoisotopic (exact) mass is 497 g/mol. The highest BCUT2D eigenvalue weighted by atomic mass is 16.2. The number of piperazine rings is 1.